The normalized spacial score (nSPS) is 14.0. The maximum absolute atomic E-state index is 13.1. The lowest BCUT2D eigenvalue weighted by molar-refractivity contribution is -0.121. The second kappa shape index (κ2) is 16.5. The van der Waals surface area contributed by atoms with E-state index in [4.69, 9.17) is 33.1 Å². The van der Waals surface area contributed by atoms with Crippen molar-refractivity contribution in [3.8, 4) is 11.8 Å². The number of aryl methyl sites for hydroxylation is 1. The van der Waals surface area contributed by atoms with Gasteiger partial charge >= 0.3 is 0 Å². The molecule has 47 heavy (non-hydrogen) atoms. The van der Waals surface area contributed by atoms with Crippen LogP contribution in [0.4, 0.5) is 10.7 Å². The van der Waals surface area contributed by atoms with Crippen LogP contribution in [0.1, 0.15) is 71.7 Å². The molecule has 3 aromatic rings. The van der Waals surface area contributed by atoms with Crippen molar-refractivity contribution in [2.45, 2.75) is 65.5 Å². The predicted octanol–water partition coefficient (Wildman–Crippen LogP) is 5.53. The van der Waals surface area contributed by atoms with Gasteiger partial charge in [-0.1, -0.05) is 35.6 Å². The molecule has 12 heteroatoms. The molecule has 246 valence electrons. The molecule has 1 aliphatic rings. The molecule has 7 N–H and O–H groups in total. The number of amidine groups is 2. The van der Waals surface area contributed by atoms with Crippen LogP contribution in [-0.4, -0.2) is 53.4 Å². The van der Waals surface area contributed by atoms with Gasteiger partial charge in [0.1, 0.15) is 22.7 Å². The summed E-state index contributed by atoms with van der Waals surface area (Å²) in [7, 11) is 0. The fourth-order valence-electron chi connectivity index (χ4n) is 5.11. The van der Waals surface area contributed by atoms with Crippen molar-refractivity contribution >= 4 is 62.8 Å². The average Bonchev–Trinajstić information content (AvgIpc) is 3.25. The summed E-state index contributed by atoms with van der Waals surface area (Å²) in [5.41, 5.74) is 10.6. The molecule has 1 aromatic heterocycles. The lowest BCUT2D eigenvalue weighted by Crippen LogP contribution is -2.42. The number of aliphatic hydroxyl groups excluding tert-OH is 1. The number of hydrogen-bond donors (Lipinski definition) is 6. The van der Waals surface area contributed by atoms with E-state index in [1.165, 1.54) is 11.3 Å². The van der Waals surface area contributed by atoms with Crippen LogP contribution in [0, 0.1) is 36.5 Å². The van der Waals surface area contributed by atoms with Crippen LogP contribution in [-0.2, 0) is 16.2 Å². The van der Waals surface area contributed by atoms with Gasteiger partial charge in [-0.05, 0) is 81.6 Å². The van der Waals surface area contributed by atoms with Gasteiger partial charge in [-0.15, -0.1) is 11.3 Å². The minimum atomic E-state index is -0.867. The van der Waals surface area contributed by atoms with Crippen LogP contribution < -0.4 is 21.3 Å². The highest BCUT2D eigenvalue weighted by Gasteiger charge is 2.34. The van der Waals surface area contributed by atoms with Crippen molar-refractivity contribution in [3.05, 3.63) is 80.2 Å². The fourth-order valence-corrected chi connectivity index (χ4v) is 6.46. The zero-order valence-electron chi connectivity index (χ0n) is 26.8. The molecule has 1 aliphatic heterocycles. The number of nitrogens with one attached hydrogen (secondary N) is 4. The summed E-state index contributed by atoms with van der Waals surface area (Å²) in [4.78, 5) is 33.4. The molecule has 0 aliphatic carbocycles. The molecule has 0 fully saturated rings. The number of fused-ring (bicyclic) bond motifs is 1. The van der Waals surface area contributed by atoms with Crippen LogP contribution in [0.2, 0.25) is 5.02 Å². The molecule has 0 saturated heterocycles. The first-order valence-corrected chi connectivity index (χ1v) is 16.6. The summed E-state index contributed by atoms with van der Waals surface area (Å²) < 4.78 is 0. The minimum Gasteiger partial charge on any atom is -0.392 e. The van der Waals surface area contributed by atoms with Gasteiger partial charge in [-0.2, -0.15) is 0 Å². The Morgan fingerprint density at radius 2 is 1.89 bits per heavy atom. The van der Waals surface area contributed by atoms with Crippen LogP contribution in [0.3, 0.4) is 0 Å². The van der Waals surface area contributed by atoms with Gasteiger partial charge in [0.05, 0.1) is 18.7 Å². The van der Waals surface area contributed by atoms with Gasteiger partial charge in [0, 0.05) is 51.7 Å². The smallest absolute Gasteiger partial charge is 0.226 e. The summed E-state index contributed by atoms with van der Waals surface area (Å²) >= 11 is 7.65. The quantitative estimate of drug-likeness (QED) is 0.0680. The summed E-state index contributed by atoms with van der Waals surface area (Å²) in [6.45, 7) is 6.10. The van der Waals surface area contributed by atoms with Crippen molar-refractivity contribution in [2.75, 3.05) is 23.3 Å². The van der Waals surface area contributed by atoms with E-state index < -0.39 is 6.04 Å². The molecule has 0 saturated carbocycles. The molecule has 2 heterocycles. The number of benzene rings is 2. The van der Waals surface area contributed by atoms with Gasteiger partial charge < -0.3 is 21.5 Å². The largest absolute Gasteiger partial charge is 0.392 e. The van der Waals surface area contributed by atoms with E-state index in [1.807, 2.05) is 26.0 Å². The third kappa shape index (κ3) is 8.93. The first-order chi connectivity index (χ1) is 22.5. The van der Waals surface area contributed by atoms with Crippen LogP contribution in [0.5, 0.6) is 0 Å². The standard InChI is InChI=1S/C35H40ClN7O3S/c1-21-22(2)47-35-32(21)33(25-9-12-27(36)13-10-25)42-29(34(39)43(35)23(3)38)19-31(46)40-17-15-30(45)41-28-14-11-24(26(18-28)20-44)8-6-4-5-7-16-37/h9-14,18,29,38-39,44H,4-5,7,15-17,19-20,37H2,1-3H3,(H,40,46)(H,41,45)/t29-/m0/s1. The predicted molar refractivity (Wildman–Crippen MR) is 191 cm³/mol. The number of nitrogens with two attached hydrogens (primary N) is 1. The monoisotopic (exact) mass is 673 g/mol. The molecule has 0 unspecified atom stereocenters. The number of unbranched alkanes of at least 4 members (excludes halogenated alkanes) is 2. The highest BCUT2D eigenvalue weighted by Crippen LogP contribution is 2.40. The maximum Gasteiger partial charge on any atom is 0.226 e. The Bertz CT molecular complexity index is 1750. The zero-order valence-corrected chi connectivity index (χ0v) is 28.4. The zero-order chi connectivity index (χ0) is 34.1. The lowest BCUT2D eigenvalue weighted by Gasteiger charge is -2.24. The number of aliphatic imine (C=N–C) groups is 1. The molecular formula is C35H40ClN7O3S. The molecular weight excluding hydrogens is 634 g/mol. The number of nitrogens with zero attached hydrogens (tertiary/aromatic N) is 2. The Hall–Kier alpha value is -4.34. The van der Waals surface area contributed by atoms with E-state index in [9.17, 15) is 14.7 Å². The van der Waals surface area contributed by atoms with Crippen molar-refractivity contribution in [1.29, 1.82) is 10.8 Å². The minimum absolute atomic E-state index is 0.0196. The first kappa shape index (κ1) is 35.5. The fraction of sp³-hybridized carbons (Fsp3) is 0.343. The number of anilines is 2. The highest BCUT2D eigenvalue weighted by atomic mass is 35.5. The van der Waals surface area contributed by atoms with E-state index in [2.05, 4.69) is 22.5 Å². The van der Waals surface area contributed by atoms with E-state index in [0.717, 1.165) is 45.8 Å². The Kier molecular flexibility index (Phi) is 12.4. The van der Waals surface area contributed by atoms with E-state index in [-0.39, 0.29) is 49.5 Å². The number of aliphatic hydroxyl groups is 1. The summed E-state index contributed by atoms with van der Waals surface area (Å²) in [6.07, 6.45) is 2.43. The molecule has 2 aromatic carbocycles. The third-order valence-electron chi connectivity index (χ3n) is 7.69. The summed E-state index contributed by atoms with van der Waals surface area (Å²) in [5, 5.41) is 34.2. The summed E-state index contributed by atoms with van der Waals surface area (Å²) in [6, 6.07) is 11.6. The van der Waals surface area contributed by atoms with E-state index in [0.29, 0.717) is 34.1 Å². The SMILES string of the molecule is CC(=N)N1C(=N)[C@H](CC(=O)NCCC(=O)Nc2ccc(C#CCCCCN)c(CO)c2)N=C(c2ccc(Cl)cc2)c2c1sc(C)c2C. The van der Waals surface area contributed by atoms with Crippen LogP contribution in [0.15, 0.2) is 47.5 Å². The highest BCUT2D eigenvalue weighted by molar-refractivity contribution is 7.17. The second-order valence-electron chi connectivity index (χ2n) is 11.2. The molecule has 0 radical (unpaired) electrons. The van der Waals surface area contributed by atoms with Gasteiger partial charge in [-0.3, -0.25) is 30.3 Å². The second-order valence-corrected chi connectivity index (χ2v) is 12.8. The molecule has 0 spiro atoms. The van der Waals surface area contributed by atoms with Crippen molar-refractivity contribution in [1.82, 2.24) is 5.32 Å². The molecule has 2 amide bonds. The van der Waals surface area contributed by atoms with E-state index >= 15 is 0 Å². The Morgan fingerprint density at radius 3 is 2.57 bits per heavy atom. The number of thiophene rings is 1. The van der Waals surface area contributed by atoms with E-state index in [1.54, 1.807) is 42.2 Å². The van der Waals surface area contributed by atoms with Gasteiger partial charge in [0.2, 0.25) is 11.8 Å². The third-order valence-corrected chi connectivity index (χ3v) is 9.14. The molecule has 10 nitrogen and oxygen atoms in total. The van der Waals surface area contributed by atoms with Crippen LogP contribution in [0.25, 0.3) is 0 Å². The van der Waals surface area contributed by atoms with Gasteiger partial charge in [-0.25, -0.2) is 0 Å². The van der Waals surface area contributed by atoms with Gasteiger partial charge in [0.25, 0.3) is 0 Å². The first-order valence-electron chi connectivity index (χ1n) is 15.4. The number of carbonyl (C=O) groups excluding carboxylic acids is 2. The maximum atomic E-state index is 13.1. The number of halogens is 1. The van der Waals surface area contributed by atoms with Gasteiger partial charge in [0.15, 0.2) is 0 Å². The van der Waals surface area contributed by atoms with Crippen LogP contribution >= 0.6 is 22.9 Å². The van der Waals surface area contributed by atoms with Crippen molar-refractivity contribution in [2.24, 2.45) is 10.7 Å². The topological polar surface area (TPSA) is 168 Å². The number of hydrogen-bond acceptors (Lipinski definition) is 8. The number of amides is 2. The lowest BCUT2D eigenvalue weighted by atomic mass is 9.99. The Labute approximate surface area is 284 Å². The molecule has 4 rings (SSSR count). The van der Waals surface area contributed by atoms with Crippen molar-refractivity contribution < 1.29 is 14.7 Å². The number of carbonyl (C=O) groups is 2. The molecule has 0 bridgehead atoms. The Balaban J connectivity index is 1.43. The summed E-state index contributed by atoms with van der Waals surface area (Å²) in [5.74, 6) is 5.66. The molecule has 1 atom stereocenters. The van der Waals surface area contributed by atoms with Crippen molar-refractivity contribution in [3.63, 3.8) is 0 Å². The number of rotatable bonds is 11. The average molecular weight is 674 g/mol. The Morgan fingerprint density at radius 1 is 1.15 bits per heavy atom.